The molecule has 0 heterocycles. The van der Waals surface area contributed by atoms with Gasteiger partial charge in [-0.3, -0.25) is 4.79 Å². The normalized spacial score (nSPS) is 10.3. The SMILES string of the molecule is Cc1ccc(C)c(C(=O)COC(=O)COc2ccc(Cl)cc2Br)c1. The highest BCUT2D eigenvalue weighted by atomic mass is 79.9. The summed E-state index contributed by atoms with van der Waals surface area (Å²) in [6.07, 6.45) is 0. The van der Waals surface area contributed by atoms with Crippen LogP contribution in [0.2, 0.25) is 5.02 Å². The van der Waals surface area contributed by atoms with Crippen molar-refractivity contribution in [3.05, 3.63) is 62.6 Å². The summed E-state index contributed by atoms with van der Waals surface area (Å²) in [6, 6.07) is 10.5. The molecular weight excluding hydrogens is 396 g/mol. The van der Waals surface area contributed by atoms with Gasteiger partial charge >= 0.3 is 5.97 Å². The first-order valence-corrected chi connectivity index (χ1v) is 8.38. The number of halogens is 2. The van der Waals surface area contributed by atoms with Gasteiger partial charge in [0.05, 0.1) is 4.47 Å². The zero-order valence-corrected chi connectivity index (χ0v) is 15.6. The Morgan fingerprint density at radius 2 is 1.83 bits per heavy atom. The van der Waals surface area contributed by atoms with Gasteiger partial charge in [-0.1, -0.05) is 29.3 Å². The van der Waals surface area contributed by atoms with Crippen LogP contribution in [-0.4, -0.2) is 25.0 Å². The molecule has 0 aliphatic carbocycles. The second kappa shape index (κ2) is 8.31. The number of ether oxygens (including phenoxy) is 2. The summed E-state index contributed by atoms with van der Waals surface area (Å²) in [6.45, 7) is 3.14. The Hall–Kier alpha value is -1.85. The van der Waals surface area contributed by atoms with Gasteiger partial charge in [0.25, 0.3) is 0 Å². The number of esters is 1. The Morgan fingerprint density at radius 1 is 1.08 bits per heavy atom. The molecule has 0 saturated carbocycles. The van der Waals surface area contributed by atoms with Gasteiger partial charge in [-0.2, -0.15) is 0 Å². The van der Waals surface area contributed by atoms with E-state index in [0.29, 0.717) is 20.8 Å². The minimum Gasteiger partial charge on any atom is -0.481 e. The highest BCUT2D eigenvalue weighted by Crippen LogP contribution is 2.27. The second-order valence-electron chi connectivity index (χ2n) is 5.27. The lowest BCUT2D eigenvalue weighted by molar-refractivity contribution is -0.144. The van der Waals surface area contributed by atoms with Crippen LogP contribution in [0, 0.1) is 13.8 Å². The lowest BCUT2D eigenvalue weighted by Crippen LogP contribution is -2.20. The van der Waals surface area contributed by atoms with E-state index in [4.69, 9.17) is 21.1 Å². The molecular formula is C18H16BrClO4. The molecule has 0 radical (unpaired) electrons. The Bertz CT molecular complexity index is 774. The van der Waals surface area contributed by atoms with Gasteiger partial charge in [-0.25, -0.2) is 4.79 Å². The molecule has 0 spiro atoms. The third-order valence-corrected chi connectivity index (χ3v) is 4.15. The zero-order chi connectivity index (χ0) is 17.7. The Kier molecular flexibility index (Phi) is 6.40. The van der Waals surface area contributed by atoms with Gasteiger partial charge in [-0.05, 0) is 59.6 Å². The molecule has 4 nitrogen and oxygen atoms in total. The molecule has 0 aliphatic rings. The van der Waals surface area contributed by atoms with Crippen LogP contribution in [0.25, 0.3) is 0 Å². The van der Waals surface area contributed by atoms with Gasteiger partial charge in [0.2, 0.25) is 5.78 Å². The summed E-state index contributed by atoms with van der Waals surface area (Å²) in [7, 11) is 0. The molecule has 0 N–H and O–H groups in total. The summed E-state index contributed by atoms with van der Waals surface area (Å²) < 4.78 is 11.0. The number of hydrogen-bond donors (Lipinski definition) is 0. The van der Waals surface area contributed by atoms with Crippen LogP contribution in [-0.2, 0) is 9.53 Å². The topological polar surface area (TPSA) is 52.6 Å². The van der Waals surface area contributed by atoms with Crippen molar-refractivity contribution in [2.45, 2.75) is 13.8 Å². The third-order valence-electron chi connectivity index (χ3n) is 3.30. The van der Waals surface area contributed by atoms with Crippen LogP contribution in [0.4, 0.5) is 0 Å². The molecule has 126 valence electrons. The maximum atomic E-state index is 12.1. The van der Waals surface area contributed by atoms with E-state index in [1.54, 1.807) is 24.3 Å². The van der Waals surface area contributed by atoms with E-state index < -0.39 is 5.97 Å². The molecule has 0 bridgehead atoms. The molecule has 0 aromatic heterocycles. The Balaban J connectivity index is 1.86. The van der Waals surface area contributed by atoms with Crippen molar-refractivity contribution in [3.8, 4) is 5.75 Å². The highest BCUT2D eigenvalue weighted by Gasteiger charge is 2.13. The van der Waals surface area contributed by atoms with Crippen molar-refractivity contribution in [1.29, 1.82) is 0 Å². The van der Waals surface area contributed by atoms with Gasteiger partial charge < -0.3 is 9.47 Å². The van der Waals surface area contributed by atoms with E-state index in [0.717, 1.165) is 11.1 Å². The summed E-state index contributed by atoms with van der Waals surface area (Å²) in [5.41, 5.74) is 2.39. The van der Waals surface area contributed by atoms with Crippen molar-refractivity contribution >= 4 is 39.3 Å². The summed E-state index contributed by atoms with van der Waals surface area (Å²) >= 11 is 9.12. The van der Waals surface area contributed by atoms with Crippen molar-refractivity contribution in [1.82, 2.24) is 0 Å². The number of ketones is 1. The monoisotopic (exact) mass is 410 g/mol. The van der Waals surface area contributed by atoms with Crippen LogP contribution in [0.5, 0.6) is 5.75 Å². The number of rotatable bonds is 6. The van der Waals surface area contributed by atoms with Crippen LogP contribution in [0.3, 0.4) is 0 Å². The average molecular weight is 412 g/mol. The molecule has 0 saturated heterocycles. The molecule has 0 amide bonds. The van der Waals surface area contributed by atoms with E-state index in [2.05, 4.69) is 15.9 Å². The highest BCUT2D eigenvalue weighted by molar-refractivity contribution is 9.10. The molecule has 2 aromatic rings. The Morgan fingerprint density at radius 3 is 2.54 bits per heavy atom. The first-order chi connectivity index (χ1) is 11.4. The number of aryl methyl sites for hydroxylation is 2. The molecule has 0 aliphatic heterocycles. The number of hydrogen-bond acceptors (Lipinski definition) is 4. The molecule has 2 aromatic carbocycles. The maximum Gasteiger partial charge on any atom is 0.344 e. The van der Waals surface area contributed by atoms with E-state index in [-0.39, 0.29) is 19.0 Å². The fourth-order valence-corrected chi connectivity index (χ4v) is 2.83. The summed E-state index contributed by atoms with van der Waals surface area (Å²) in [4.78, 5) is 23.9. The van der Waals surface area contributed by atoms with Crippen molar-refractivity contribution in [2.24, 2.45) is 0 Å². The van der Waals surface area contributed by atoms with E-state index in [1.807, 2.05) is 26.0 Å². The van der Waals surface area contributed by atoms with Crippen LogP contribution >= 0.6 is 27.5 Å². The minimum atomic E-state index is -0.615. The number of benzene rings is 2. The first-order valence-electron chi connectivity index (χ1n) is 7.20. The molecule has 0 fully saturated rings. The molecule has 0 atom stereocenters. The van der Waals surface area contributed by atoms with Crippen LogP contribution < -0.4 is 4.74 Å². The molecule has 0 unspecified atom stereocenters. The lowest BCUT2D eigenvalue weighted by atomic mass is 10.0. The fraction of sp³-hybridized carbons (Fsp3) is 0.222. The maximum absolute atomic E-state index is 12.1. The smallest absolute Gasteiger partial charge is 0.344 e. The van der Waals surface area contributed by atoms with Gasteiger partial charge in [0.1, 0.15) is 5.75 Å². The Labute approximate surface area is 153 Å². The van der Waals surface area contributed by atoms with Gasteiger partial charge in [0, 0.05) is 10.6 Å². The number of carbonyl (C=O) groups is 2. The van der Waals surface area contributed by atoms with Crippen LogP contribution in [0.1, 0.15) is 21.5 Å². The van der Waals surface area contributed by atoms with E-state index in [9.17, 15) is 9.59 Å². The summed E-state index contributed by atoms with van der Waals surface area (Å²) in [5, 5.41) is 0.552. The van der Waals surface area contributed by atoms with Crippen molar-refractivity contribution < 1.29 is 19.1 Å². The van der Waals surface area contributed by atoms with Gasteiger partial charge in [-0.15, -0.1) is 0 Å². The van der Waals surface area contributed by atoms with E-state index in [1.165, 1.54) is 0 Å². The molecule has 2 rings (SSSR count). The average Bonchev–Trinajstić information content (AvgIpc) is 2.54. The quantitative estimate of drug-likeness (QED) is 0.518. The molecule has 6 heteroatoms. The third kappa shape index (κ3) is 5.08. The predicted molar refractivity (Wildman–Crippen MR) is 95.9 cm³/mol. The second-order valence-corrected chi connectivity index (χ2v) is 6.56. The van der Waals surface area contributed by atoms with E-state index >= 15 is 0 Å². The lowest BCUT2D eigenvalue weighted by Gasteiger charge is -2.09. The number of carbonyl (C=O) groups excluding carboxylic acids is 2. The van der Waals surface area contributed by atoms with Crippen molar-refractivity contribution in [3.63, 3.8) is 0 Å². The summed E-state index contributed by atoms with van der Waals surface area (Å²) in [5.74, 6) is -0.384. The predicted octanol–water partition coefficient (Wildman–Crippen LogP) is 4.52. The van der Waals surface area contributed by atoms with Crippen LogP contribution in [0.15, 0.2) is 40.9 Å². The fourth-order valence-electron chi connectivity index (χ4n) is 2.03. The first kappa shape index (κ1) is 18.5. The molecule has 24 heavy (non-hydrogen) atoms. The van der Waals surface area contributed by atoms with Crippen molar-refractivity contribution in [2.75, 3.05) is 13.2 Å². The standard InChI is InChI=1S/C18H16BrClO4/c1-11-3-4-12(2)14(7-11)16(21)9-24-18(22)10-23-17-6-5-13(20)8-15(17)19/h3-8H,9-10H2,1-2H3. The number of Topliss-reactive ketones (excluding diaryl/α,β-unsaturated/α-hetero) is 1. The largest absolute Gasteiger partial charge is 0.481 e. The van der Waals surface area contributed by atoms with Gasteiger partial charge in [0.15, 0.2) is 13.2 Å². The minimum absolute atomic E-state index is 0.239. The zero-order valence-electron chi connectivity index (χ0n) is 13.3.